The second-order valence-electron chi connectivity index (χ2n) is 7.57. The molecular formula is C21H24N4O3. The molecule has 2 amide bonds. The first kappa shape index (κ1) is 18.6. The van der Waals surface area contributed by atoms with Gasteiger partial charge in [-0.25, -0.2) is 0 Å². The number of hydrogen-bond acceptors (Lipinski definition) is 5. The molecule has 3 heterocycles. The van der Waals surface area contributed by atoms with Gasteiger partial charge in [0.15, 0.2) is 0 Å². The molecule has 2 aromatic rings. The van der Waals surface area contributed by atoms with Crippen LogP contribution in [0.1, 0.15) is 22.0 Å². The Morgan fingerprint density at radius 3 is 2.61 bits per heavy atom. The summed E-state index contributed by atoms with van der Waals surface area (Å²) in [5.74, 6) is -0.203. The monoisotopic (exact) mass is 380 g/mol. The first-order chi connectivity index (χ1) is 13.5. The molecule has 0 saturated carbocycles. The molecule has 1 aromatic carbocycles. The van der Waals surface area contributed by atoms with Gasteiger partial charge in [-0.2, -0.15) is 0 Å². The topological polar surface area (TPSA) is 77.0 Å². The summed E-state index contributed by atoms with van der Waals surface area (Å²) in [6.07, 6.45) is 1.58. The first-order valence-electron chi connectivity index (χ1n) is 9.41. The predicted molar refractivity (Wildman–Crippen MR) is 105 cm³/mol. The van der Waals surface area contributed by atoms with Crippen LogP contribution in [0.3, 0.4) is 0 Å². The van der Waals surface area contributed by atoms with E-state index in [1.165, 1.54) is 0 Å². The Balaban J connectivity index is 1.69. The zero-order valence-corrected chi connectivity index (χ0v) is 16.0. The minimum atomic E-state index is -0.313. The van der Waals surface area contributed by atoms with Gasteiger partial charge in [0, 0.05) is 24.3 Å². The molecule has 1 aromatic heterocycles. The van der Waals surface area contributed by atoms with Crippen LogP contribution in [0.4, 0.5) is 5.69 Å². The van der Waals surface area contributed by atoms with E-state index in [9.17, 15) is 14.7 Å². The maximum Gasteiger partial charge on any atom is 0.273 e. The van der Waals surface area contributed by atoms with Crippen molar-refractivity contribution in [2.24, 2.45) is 0 Å². The van der Waals surface area contributed by atoms with E-state index in [4.69, 9.17) is 0 Å². The van der Waals surface area contributed by atoms with E-state index < -0.39 is 0 Å². The largest absolute Gasteiger partial charge is 0.394 e. The number of benzene rings is 1. The number of aliphatic hydroxyl groups excluding tert-OH is 1. The van der Waals surface area contributed by atoms with E-state index in [1.807, 2.05) is 43.3 Å². The van der Waals surface area contributed by atoms with Gasteiger partial charge in [0.1, 0.15) is 5.69 Å². The fourth-order valence-corrected chi connectivity index (χ4v) is 4.38. The van der Waals surface area contributed by atoms with Gasteiger partial charge in [0.2, 0.25) is 5.91 Å². The Morgan fingerprint density at radius 1 is 1.18 bits per heavy atom. The Morgan fingerprint density at radius 2 is 1.93 bits per heavy atom. The van der Waals surface area contributed by atoms with Crippen LogP contribution in [0.25, 0.3) is 0 Å². The Bertz CT molecular complexity index is 886. The number of para-hydroxylation sites is 1. The van der Waals surface area contributed by atoms with Crippen molar-refractivity contribution in [1.82, 2.24) is 14.8 Å². The molecule has 2 aliphatic heterocycles. The molecule has 0 unspecified atom stereocenters. The smallest absolute Gasteiger partial charge is 0.273 e. The third-order valence-electron chi connectivity index (χ3n) is 5.56. The van der Waals surface area contributed by atoms with Crippen molar-refractivity contribution in [2.75, 3.05) is 38.7 Å². The fraction of sp³-hybridized carbons (Fsp3) is 0.381. The molecular weight excluding hydrogens is 356 g/mol. The lowest BCUT2D eigenvalue weighted by Gasteiger charge is -2.58. The van der Waals surface area contributed by atoms with E-state index in [2.05, 4.69) is 4.98 Å². The number of amides is 2. The number of aromatic nitrogens is 1. The van der Waals surface area contributed by atoms with Crippen LogP contribution in [0.5, 0.6) is 0 Å². The number of carbonyl (C=O) groups is 2. The standard InChI is InChI=1S/C21H24N4O3/c1-23(2)12-19(27)24-11-17-20(14-7-3-4-9-16(14)24)18(13-26)25(17)21(28)15-8-5-6-10-22-15/h3-10,17-18,20,26H,11-13H2,1-2H3/t17-,18+,20+/m0/s1. The number of fused-ring (bicyclic) bond motifs is 3. The number of hydrogen-bond donors (Lipinski definition) is 1. The Labute approximate surface area is 164 Å². The lowest BCUT2D eigenvalue weighted by molar-refractivity contribution is -0.120. The summed E-state index contributed by atoms with van der Waals surface area (Å²) in [6, 6.07) is 12.5. The number of likely N-dealkylation sites (N-methyl/N-ethyl adjacent to an activating group) is 1. The van der Waals surface area contributed by atoms with Gasteiger partial charge in [0.25, 0.3) is 5.91 Å². The number of nitrogens with zero attached hydrogens (tertiary/aromatic N) is 4. The highest BCUT2D eigenvalue weighted by Gasteiger charge is 2.55. The van der Waals surface area contributed by atoms with Crippen LogP contribution in [-0.2, 0) is 4.79 Å². The number of aliphatic hydroxyl groups is 1. The maximum atomic E-state index is 13.1. The van der Waals surface area contributed by atoms with Gasteiger partial charge in [-0.3, -0.25) is 14.6 Å². The molecule has 7 nitrogen and oxygen atoms in total. The number of likely N-dealkylation sites (tertiary alicyclic amines) is 1. The summed E-state index contributed by atoms with van der Waals surface area (Å²) in [5.41, 5.74) is 2.23. The molecule has 1 N–H and O–H groups in total. The van der Waals surface area contributed by atoms with Crippen LogP contribution in [0.2, 0.25) is 0 Å². The minimum Gasteiger partial charge on any atom is -0.394 e. The first-order valence-corrected chi connectivity index (χ1v) is 9.41. The van der Waals surface area contributed by atoms with Crippen LogP contribution >= 0.6 is 0 Å². The molecule has 28 heavy (non-hydrogen) atoms. The van der Waals surface area contributed by atoms with Crippen LogP contribution in [0.15, 0.2) is 48.7 Å². The maximum absolute atomic E-state index is 13.1. The fourth-order valence-electron chi connectivity index (χ4n) is 4.38. The average Bonchev–Trinajstić information content (AvgIpc) is 2.68. The number of rotatable bonds is 4. The highest BCUT2D eigenvalue weighted by atomic mass is 16.3. The molecule has 1 fully saturated rings. The average molecular weight is 380 g/mol. The van der Waals surface area contributed by atoms with Crippen molar-refractivity contribution < 1.29 is 14.7 Å². The molecule has 146 valence electrons. The van der Waals surface area contributed by atoms with Crippen molar-refractivity contribution in [3.8, 4) is 0 Å². The normalized spacial score (nSPS) is 23.1. The van der Waals surface area contributed by atoms with E-state index in [1.54, 1.807) is 34.2 Å². The molecule has 0 radical (unpaired) electrons. The van der Waals surface area contributed by atoms with E-state index in [-0.39, 0.29) is 36.4 Å². The SMILES string of the molecule is CN(C)CC(=O)N1C[C@H]2[C@@H](c3ccccc31)[C@@H](CO)N2C(=O)c1ccccn1. The molecule has 2 aliphatic rings. The summed E-state index contributed by atoms with van der Waals surface area (Å²) in [4.78, 5) is 35.4. The molecule has 4 rings (SSSR count). The zero-order chi connectivity index (χ0) is 19.8. The molecule has 0 aliphatic carbocycles. The van der Waals surface area contributed by atoms with Gasteiger partial charge in [0.05, 0.1) is 25.2 Å². The third kappa shape index (κ3) is 2.96. The van der Waals surface area contributed by atoms with Crippen molar-refractivity contribution in [1.29, 1.82) is 0 Å². The Kier molecular flexibility index (Phi) is 4.87. The van der Waals surface area contributed by atoms with Gasteiger partial charge in [-0.1, -0.05) is 24.3 Å². The van der Waals surface area contributed by atoms with E-state index in [0.717, 1.165) is 11.3 Å². The van der Waals surface area contributed by atoms with Crippen molar-refractivity contribution in [2.45, 2.75) is 18.0 Å². The quantitative estimate of drug-likeness (QED) is 0.855. The number of carbonyl (C=O) groups excluding carboxylic acids is 2. The highest BCUT2D eigenvalue weighted by Crippen LogP contribution is 2.48. The second kappa shape index (κ2) is 7.33. The minimum absolute atomic E-state index is 0.00594. The Hall–Kier alpha value is -2.77. The lowest BCUT2D eigenvalue weighted by atomic mass is 9.71. The number of anilines is 1. The van der Waals surface area contributed by atoms with Gasteiger partial charge < -0.3 is 19.8 Å². The lowest BCUT2D eigenvalue weighted by Crippen LogP contribution is -2.71. The summed E-state index contributed by atoms with van der Waals surface area (Å²) in [7, 11) is 3.72. The summed E-state index contributed by atoms with van der Waals surface area (Å²) in [5, 5.41) is 10.0. The van der Waals surface area contributed by atoms with Gasteiger partial charge >= 0.3 is 0 Å². The molecule has 3 atom stereocenters. The van der Waals surface area contributed by atoms with Crippen LogP contribution in [0, 0.1) is 0 Å². The van der Waals surface area contributed by atoms with E-state index in [0.29, 0.717) is 18.8 Å². The molecule has 7 heteroatoms. The summed E-state index contributed by atoms with van der Waals surface area (Å²) in [6.45, 7) is 0.590. The van der Waals surface area contributed by atoms with Gasteiger partial charge in [-0.15, -0.1) is 0 Å². The summed E-state index contributed by atoms with van der Waals surface area (Å²) < 4.78 is 0. The van der Waals surface area contributed by atoms with Crippen molar-refractivity contribution in [3.63, 3.8) is 0 Å². The highest BCUT2D eigenvalue weighted by molar-refractivity contribution is 5.98. The molecule has 0 spiro atoms. The van der Waals surface area contributed by atoms with Crippen molar-refractivity contribution in [3.05, 3.63) is 59.9 Å². The summed E-state index contributed by atoms with van der Waals surface area (Å²) >= 11 is 0. The molecule has 0 bridgehead atoms. The predicted octanol–water partition coefficient (Wildman–Crippen LogP) is 0.959. The third-order valence-corrected chi connectivity index (χ3v) is 5.56. The van der Waals surface area contributed by atoms with Crippen molar-refractivity contribution >= 4 is 17.5 Å². The van der Waals surface area contributed by atoms with E-state index >= 15 is 0 Å². The van der Waals surface area contributed by atoms with Crippen LogP contribution < -0.4 is 4.90 Å². The number of pyridine rings is 1. The van der Waals surface area contributed by atoms with Crippen LogP contribution in [-0.4, -0.2) is 77.6 Å². The van der Waals surface area contributed by atoms with Gasteiger partial charge in [-0.05, 0) is 37.9 Å². The second-order valence-corrected chi connectivity index (χ2v) is 7.57. The molecule has 1 saturated heterocycles. The zero-order valence-electron chi connectivity index (χ0n) is 16.0.